The molecule has 0 N–H and O–H groups in total. The Morgan fingerprint density at radius 2 is 1.57 bits per heavy atom. The molecule has 2 aromatic rings. The first-order chi connectivity index (χ1) is 14.1. The maximum atomic E-state index is 13.8. The minimum atomic E-state index is -3.77. The third-order valence-electron chi connectivity index (χ3n) is 4.99. The van der Waals surface area contributed by atoms with Crippen LogP contribution in [0.3, 0.4) is 0 Å². The summed E-state index contributed by atoms with van der Waals surface area (Å²) in [5, 5.41) is 0. The molecule has 0 aliphatic carbocycles. The molecule has 0 heterocycles. The van der Waals surface area contributed by atoms with Gasteiger partial charge in [-0.25, -0.2) is 8.42 Å². The predicted molar refractivity (Wildman–Crippen MR) is 125 cm³/mol. The van der Waals surface area contributed by atoms with E-state index in [0.717, 1.165) is 27.8 Å². The highest BCUT2D eigenvalue weighted by atomic mass is 32.2. The molecule has 2 rings (SSSR count). The third-order valence-corrected chi connectivity index (χ3v) is 7.14. The molecule has 0 aromatic heterocycles. The second-order valence-electron chi connectivity index (χ2n) is 8.05. The van der Waals surface area contributed by atoms with Crippen LogP contribution in [0.5, 0.6) is 0 Å². The van der Waals surface area contributed by atoms with Crippen molar-refractivity contribution in [1.29, 1.82) is 0 Å². The maximum Gasteiger partial charge on any atom is 0.245 e. The van der Waals surface area contributed by atoms with Gasteiger partial charge in [0.15, 0.2) is 0 Å². The monoisotopic (exact) mass is 421 g/mol. The fraction of sp³-hybridized carbons (Fsp3) is 0.346. The Kier molecular flexibility index (Phi) is 7.87. The highest BCUT2D eigenvalue weighted by Crippen LogP contribution is 2.28. The molecule has 0 aliphatic heterocycles. The van der Waals surface area contributed by atoms with Gasteiger partial charge in [0.2, 0.25) is 10.0 Å². The smallest absolute Gasteiger partial charge is 0.207 e. The summed E-state index contributed by atoms with van der Waals surface area (Å²) in [4.78, 5) is 0.355. The zero-order chi connectivity index (χ0) is 22.5. The minimum absolute atomic E-state index is 0.0428. The molecule has 0 saturated carbocycles. The van der Waals surface area contributed by atoms with Crippen molar-refractivity contribution in [3.63, 3.8) is 0 Å². The van der Waals surface area contributed by atoms with Crippen LogP contribution in [0.25, 0.3) is 0 Å². The second kappa shape index (κ2) is 9.96. The van der Waals surface area contributed by atoms with E-state index in [1.54, 1.807) is 6.08 Å². The topological polar surface area (TPSA) is 37.4 Å². The quantitative estimate of drug-likeness (QED) is 0.467. The van der Waals surface area contributed by atoms with Crippen molar-refractivity contribution >= 4 is 10.0 Å². The molecule has 0 aliphatic rings. The van der Waals surface area contributed by atoms with Crippen molar-refractivity contribution in [3.05, 3.63) is 82.6 Å². The van der Waals surface area contributed by atoms with E-state index in [9.17, 15) is 8.42 Å². The van der Waals surface area contributed by atoms with Gasteiger partial charge in [0.1, 0.15) is 0 Å². The van der Waals surface area contributed by atoms with Gasteiger partial charge in [-0.1, -0.05) is 67.7 Å². The first kappa shape index (κ1) is 23.7. The van der Waals surface area contributed by atoms with E-state index in [1.165, 1.54) is 4.31 Å². The first-order valence-corrected chi connectivity index (χ1v) is 11.5. The standard InChI is InChI=1S/C26H31NO2S/c1-8-10-25(19(2)3)27(16-9-11-24-14-12-20(4)13-15-24)30(28,29)26-22(6)17-21(5)18-23(26)7/h10,12-15,17-19,25H,1,16H2,2-7H3/t25-/m1/s1. The van der Waals surface area contributed by atoms with E-state index >= 15 is 0 Å². The van der Waals surface area contributed by atoms with Gasteiger partial charge in [-0.3, -0.25) is 0 Å². The van der Waals surface area contributed by atoms with Gasteiger partial charge in [0, 0.05) is 5.56 Å². The zero-order valence-corrected chi connectivity index (χ0v) is 19.6. The number of hydrogen-bond acceptors (Lipinski definition) is 2. The van der Waals surface area contributed by atoms with Crippen LogP contribution < -0.4 is 0 Å². The lowest BCUT2D eigenvalue weighted by molar-refractivity contribution is 0.327. The highest BCUT2D eigenvalue weighted by molar-refractivity contribution is 7.89. The Morgan fingerprint density at radius 1 is 1.00 bits per heavy atom. The number of aryl methyl sites for hydroxylation is 4. The molecular weight excluding hydrogens is 390 g/mol. The van der Waals surface area contributed by atoms with E-state index in [-0.39, 0.29) is 18.5 Å². The molecule has 0 fully saturated rings. The summed E-state index contributed by atoms with van der Waals surface area (Å²) in [7, 11) is -3.77. The van der Waals surface area contributed by atoms with Crippen LogP contribution in [0, 0.1) is 45.5 Å². The number of rotatable bonds is 6. The van der Waals surface area contributed by atoms with Crippen LogP contribution >= 0.6 is 0 Å². The molecule has 0 spiro atoms. The van der Waals surface area contributed by atoms with Gasteiger partial charge in [-0.2, -0.15) is 4.31 Å². The van der Waals surface area contributed by atoms with Crippen LogP contribution in [0.4, 0.5) is 0 Å². The Bertz CT molecular complexity index is 1090. The van der Waals surface area contributed by atoms with Crippen molar-refractivity contribution in [1.82, 2.24) is 4.31 Å². The lowest BCUT2D eigenvalue weighted by Gasteiger charge is -2.30. The van der Waals surface area contributed by atoms with Gasteiger partial charge in [0.05, 0.1) is 17.5 Å². The fourth-order valence-corrected chi connectivity index (χ4v) is 5.65. The number of benzene rings is 2. The Morgan fingerprint density at radius 3 is 2.07 bits per heavy atom. The number of sulfonamides is 1. The molecule has 1 atom stereocenters. The summed E-state index contributed by atoms with van der Waals surface area (Å²) in [5.74, 6) is 6.21. The average Bonchev–Trinajstić information content (AvgIpc) is 2.64. The Hall–Kier alpha value is -2.57. The van der Waals surface area contributed by atoms with Crippen molar-refractivity contribution in [3.8, 4) is 11.8 Å². The summed E-state index contributed by atoms with van der Waals surface area (Å²) in [6.07, 6.45) is 1.72. The van der Waals surface area contributed by atoms with Crippen molar-refractivity contribution in [2.75, 3.05) is 6.54 Å². The van der Waals surface area contributed by atoms with Crippen LogP contribution in [0.15, 0.2) is 59.7 Å². The molecule has 2 aromatic carbocycles. The van der Waals surface area contributed by atoms with E-state index in [1.807, 2.05) is 77.9 Å². The van der Waals surface area contributed by atoms with Crippen molar-refractivity contribution in [2.45, 2.75) is 52.5 Å². The molecule has 158 valence electrons. The van der Waals surface area contributed by atoms with Gasteiger partial charge in [-0.05, 0) is 62.9 Å². The fourth-order valence-electron chi connectivity index (χ4n) is 3.63. The minimum Gasteiger partial charge on any atom is -0.207 e. The molecule has 4 heteroatoms. The zero-order valence-electron chi connectivity index (χ0n) is 18.8. The molecule has 30 heavy (non-hydrogen) atoms. The molecule has 0 bridgehead atoms. The van der Waals surface area contributed by atoms with Crippen LogP contribution in [-0.4, -0.2) is 25.3 Å². The Labute approximate surface area is 182 Å². The number of hydrogen-bond donors (Lipinski definition) is 0. The Balaban J connectivity index is 2.56. The van der Waals surface area contributed by atoms with Gasteiger partial charge in [0.25, 0.3) is 0 Å². The maximum absolute atomic E-state index is 13.8. The van der Waals surface area contributed by atoms with E-state index in [2.05, 4.69) is 24.2 Å². The van der Waals surface area contributed by atoms with Crippen molar-refractivity contribution < 1.29 is 8.42 Å². The molecule has 0 radical (unpaired) electrons. The van der Waals surface area contributed by atoms with Crippen molar-refractivity contribution in [2.24, 2.45) is 5.92 Å². The molecule has 3 nitrogen and oxygen atoms in total. The van der Waals surface area contributed by atoms with E-state index < -0.39 is 10.0 Å². The van der Waals surface area contributed by atoms with Crippen LogP contribution in [-0.2, 0) is 10.0 Å². The molecule has 0 amide bonds. The molecular formula is C26H31NO2S. The summed E-state index contributed by atoms with van der Waals surface area (Å²) in [5.41, 5.74) is 7.33. The first-order valence-electron chi connectivity index (χ1n) is 10.1. The lowest BCUT2D eigenvalue weighted by atomic mass is 10.0. The van der Waals surface area contributed by atoms with E-state index in [4.69, 9.17) is 0 Å². The summed E-state index contributed by atoms with van der Waals surface area (Å²) < 4.78 is 29.0. The normalized spacial score (nSPS) is 12.3. The summed E-state index contributed by atoms with van der Waals surface area (Å²) in [6.45, 7) is 15.4. The highest BCUT2D eigenvalue weighted by Gasteiger charge is 2.33. The molecule has 0 saturated heterocycles. The summed E-state index contributed by atoms with van der Waals surface area (Å²) >= 11 is 0. The largest absolute Gasteiger partial charge is 0.245 e. The van der Waals surface area contributed by atoms with Gasteiger partial charge in [-0.15, -0.1) is 5.73 Å². The third kappa shape index (κ3) is 5.52. The van der Waals surface area contributed by atoms with Crippen LogP contribution in [0.2, 0.25) is 0 Å². The van der Waals surface area contributed by atoms with Gasteiger partial charge >= 0.3 is 0 Å². The lowest BCUT2D eigenvalue weighted by Crippen LogP contribution is -2.42. The number of nitrogens with zero attached hydrogens (tertiary/aromatic N) is 1. The molecule has 0 unspecified atom stereocenters. The summed E-state index contributed by atoms with van der Waals surface area (Å²) in [6, 6.07) is 11.3. The van der Waals surface area contributed by atoms with Crippen LogP contribution in [0.1, 0.15) is 41.7 Å². The van der Waals surface area contributed by atoms with E-state index in [0.29, 0.717) is 4.90 Å². The average molecular weight is 422 g/mol. The SMILES string of the molecule is C=C=C[C@H](C(C)C)N(CC#Cc1ccc(C)cc1)S(=O)(=O)c1c(C)cc(C)cc1C. The van der Waals surface area contributed by atoms with Gasteiger partial charge < -0.3 is 0 Å². The second-order valence-corrected chi connectivity index (χ2v) is 9.88. The predicted octanol–water partition coefficient (Wildman–Crippen LogP) is 5.33.